The number of hydrogen-bond donors (Lipinski definition) is 2. The Morgan fingerprint density at radius 3 is 2.72 bits per heavy atom. The van der Waals surface area contributed by atoms with E-state index >= 15 is 0 Å². The number of rotatable bonds is 7. The summed E-state index contributed by atoms with van der Waals surface area (Å²) in [6.07, 6.45) is -0.0883. The van der Waals surface area contributed by atoms with E-state index in [1.54, 1.807) is 29.6 Å². The number of nitro groups is 1. The molecule has 0 fully saturated rings. The number of hydrazone groups is 1. The van der Waals surface area contributed by atoms with Crippen molar-refractivity contribution in [3.63, 3.8) is 0 Å². The molecule has 0 aliphatic carbocycles. The van der Waals surface area contributed by atoms with Crippen molar-refractivity contribution in [3.05, 3.63) is 73.6 Å². The number of nitrogens with zero attached hydrogens (tertiary/aromatic N) is 3. The molecule has 0 spiro atoms. The van der Waals surface area contributed by atoms with Crippen LogP contribution >= 0.6 is 34.5 Å². The summed E-state index contributed by atoms with van der Waals surface area (Å²) >= 11 is 13.2. The van der Waals surface area contributed by atoms with E-state index in [1.807, 2.05) is 0 Å². The number of nitro benzene ring substituents is 1. The van der Waals surface area contributed by atoms with Crippen LogP contribution in [0.3, 0.4) is 0 Å². The first-order valence-corrected chi connectivity index (χ1v) is 9.67. The molecule has 0 saturated carbocycles. The molecule has 0 radical (unpaired) electrons. The second-order valence-electron chi connectivity index (χ2n) is 5.75. The highest BCUT2D eigenvalue weighted by molar-refractivity contribution is 7.14. The van der Waals surface area contributed by atoms with Crippen molar-refractivity contribution in [2.24, 2.45) is 5.10 Å². The molecular weight excluding hydrogens is 439 g/mol. The Morgan fingerprint density at radius 1 is 1.24 bits per heavy atom. The van der Waals surface area contributed by atoms with Crippen molar-refractivity contribution >= 4 is 57.0 Å². The molecule has 0 atom stereocenters. The highest BCUT2D eigenvalue weighted by Crippen LogP contribution is 2.30. The van der Waals surface area contributed by atoms with Gasteiger partial charge in [0.2, 0.25) is 5.13 Å². The number of aromatic nitrogens is 1. The summed E-state index contributed by atoms with van der Waals surface area (Å²) in [5, 5.41) is 27.1. The quantitative estimate of drug-likeness (QED) is 0.293. The number of aliphatic carboxylic acids is 1. The summed E-state index contributed by atoms with van der Waals surface area (Å²) in [5.74, 6) is -1.25. The van der Waals surface area contributed by atoms with E-state index in [0.717, 1.165) is 5.56 Å². The van der Waals surface area contributed by atoms with E-state index in [-0.39, 0.29) is 17.8 Å². The van der Waals surface area contributed by atoms with Gasteiger partial charge in [0, 0.05) is 29.5 Å². The van der Waals surface area contributed by atoms with E-state index < -0.39 is 10.9 Å². The lowest BCUT2D eigenvalue weighted by Gasteiger charge is -2.03. The van der Waals surface area contributed by atoms with Crippen molar-refractivity contribution in [3.8, 4) is 11.3 Å². The van der Waals surface area contributed by atoms with Gasteiger partial charge in [0.25, 0.3) is 5.69 Å². The van der Waals surface area contributed by atoms with Crippen LogP contribution in [0.1, 0.15) is 5.56 Å². The van der Waals surface area contributed by atoms with Crippen molar-refractivity contribution < 1.29 is 14.8 Å². The first-order chi connectivity index (χ1) is 13.8. The monoisotopic (exact) mass is 450 g/mol. The lowest BCUT2D eigenvalue weighted by molar-refractivity contribution is -0.384. The minimum atomic E-state index is -1.25. The molecule has 2 N–H and O–H groups in total. The number of non-ortho nitro benzene ring substituents is 1. The molecular formula is C18H12Cl2N4O4S. The zero-order valence-electron chi connectivity index (χ0n) is 14.5. The number of carbonyl (C=O) groups is 1. The fourth-order valence-electron chi connectivity index (χ4n) is 2.36. The predicted octanol–water partition coefficient (Wildman–Crippen LogP) is 5.12. The summed E-state index contributed by atoms with van der Waals surface area (Å²) in [6.45, 7) is 0. The van der Waals surface area contributed by atoms with E-state index in [0.29, 0.717) is 26.4 Å². The average molecular weight is 451 g/mol. The molecule has 3 aromatic rings. The van der Waals surface area contributed by atoms with Gasteiger partial charge in [-0.2, -0.15) is 5.10 Å². The standard InChI is InChI=1S/C18H12Cl2N4O4S/c19-13-5-4-11(8-14(13)20)16-9-29-18(21-16)23-22-15(17(25)26)7-10-2-1-3-12(6-10)24(27)28/h1-6,8-9H,7H2,(H,21,23)(H,25,26)/b22-15+. The summed E-state index contributed by atoms with van der Waals surface area (Å²) in [7, 11) is 0. The SMILES string of the molecule is O=C(O)/C(Cc1cccc([N+](=O)[O-])c1)=N/Nc1nc(-c2ccc(Cl)c(Cl)c2)cs1. The Labute approximate surface area is 178 Å². The van der Waals surface area contributed by atoms with Crippen molar-refractivity contribution in [1.82, 2.24) is 4.98 Å². The van der Waals surface area contributed by atoms with Gasteiger partial charge in [-0.25, -0.2) is 9.78 Å². The van der Waals surface area contributed by atoms with Crippen LogP contribution in [-0.2, 0) is 11.2 Å². The van der Waals surface area contributed by atoms with Gasteiger partial charge in [-0.05, 0) is 17.7 Å². The number of anilines is 1. The van der Waals surface area contributed by atoms with E-state index in [4.69, 9.17) is 23.2 Å². The Hall–Kier alpha value is -3.01. The van der Waals surface area contributed by atoms with Crippen molar-refractivity contribution in [1.29, 1.82) is 0 Å². The first kappa shape index (κ1) is 20.7. The summed E-state index contributed by atoms with van der Waals surface area (Å²) in [5.41, 5.74) is 4.13. The third-order valence-corrected chi connectivity index (χ3v) is 5.23. The van der Waals surface area contributed by atoms with Crippen LogP contribution in [0.15, 0.2) is 52.9 Å². The number of halogens is 2. The first-order valence-electron chi connectivity index (χ1n) is 8.03. The summed E-state index contributed by atoms with van der Waals surface area (Å²) in [4.78, 5) is 26.2. The van der Waals surface area contributed by atoms with E-state index in [9.17, 15) is 20.0 Å². The van der Waals surface area contributed by atoms with Crippen LogP contribution in [0.2, 0.25) is 10.0 Å². The van der Waals surface area contributed by atoms with Crippen LogP contribution in [0.25, 0.3) is 11.3 Å². The number of nitrogens with one attached hydrogen (secondary N) is 1. The normalized spacial score (nSPS) is 11.3. The maximum absolute atomic E-state index is 11.5. The second kappa shape index (κ2) is 8.99. The van der Waals surface area contributed by atoms with Gasteiger partial charge in [-0.1, -0.05) is 41.4 Å². The molecule has 0 unspecified atom stereocenters. The Bertz CT molecular complexity index is 1120. The van der Waals surface area contributed by atoms with Crippen LogP contribution < -0.4 is 5.43 Å². The fraction of sp³-hybridized carbons (Fsp3) is 0.0556. The number of hydrogen-bond acceptors (Lipinski definition) is 7. The van der Waals surface area contributed by atoms with Gasteiger partial charge in [0.05, 0.1) is 20.7 Å². The summed E-state index contributed by atoms with van der Waals surface area (Å²) < 4.78 is 0. The number of carboxylic acid groups (broad SMARTS) is 1. The van der Waals surface area contributed by atoms with Crippen molar-refractivity contribution in [2.45, 2.75) is 6.42 Å². The zero-order chi connectivity index (χ0) is 21.0. The third kappa shape index (κ3) is 5.29. The molecule has 0 amide bonds. The lowest BCUT2D eigenvalue weighted by Crippen LogP contribution is -2.17. The van der Waals surface area contributed by atoms with Crippen LogP contribution in [-0.4, -0.2) is 26.7 Å². The van der Waals surface area contributed by atoms with Crippen molar-refractivity contribution in [2.75, 3.05) is 5.43 Å². The molecule has 8 nitrogen and oxygen atoms in total. The highest BCUT2D eigenvalue weighted by Gasteiger charge is 2.14. The van der Waals surface area contributed by atoms with Crippen LogP contribution in [0, 0.1) is 10.1 Å². The number of thiazole rings is 1. The highest BCUT2D eigenvalue weighted by atomic mass is 35.5. The van der Waals surface area contributed by atoms with Gasteiger partial charge in [-0.3, -0.25) is 15.5 Å². The molecule has 29 heavy (non-hydrogen) atoms. The van der Waals surface area contributed by atoms with Gasteiger partial charge in [0.1, 0.15) is 5.71 Å². The number of benzene rings is 2. The minimum Gasteiger partial charge on any atom is -0.477 e. The van der Waals surface area contributed by atoms with E-state index in [1.165, 1.54) is 29.5 Å². The molecule has 0 saturated heterocycles. The maximum atomic E-state index is 11.5. The predicted molar refractivity (Wildman–Crippen MR) is 113 cm³/mol. The zero-order valence-corrected chi connectivity index (χ0v) is 16.8. The summed E-state index contributed by atoms with van der Waals surface area (Å²) in [6, 6.07) is 10.8. The second-order valence-corrected chi connectivity index (χ2v) is 7.42. The molecule has 148 valence electrons. The molecule has 0 aliphatic rings. The smallest absolute Gasteiger partial charge is 0.352 e. The van der Waals surface area contributed by atoms with Gasteiger partial charge >= 0.3 is 5.97 Å². The molecule has 11 heteroatoms. The Balaban J connectivity index is 1.76. The van der Waals surface area contributed by atoms with Crippen LogP contribution in [0.5, 0.6) is 0 Å². The van der Waals surface area contributed by atoms with Crippen LogP contribution in [0.4, 0.5) is 10.8 Å². The molecule has 1 heterocycles. The van der Waals surface area contributed by atoms with Gasteiger partial charge in [-0.15, -0.1) is 11.3 Å². The largest absolute Gasteiger partial charge is 0.477 e. The molecule has 2 aromatic carbocycles. The third-order valence-electron chi connectivity index (χ3n) is 3.75. The average Bonchev–Trinajstić information content (AvgIpc) is 3.16. The van der Waals surface area contributed by atoms with E-state index in [2.05, 4.69) is 15.5 Å². The molecule has 0 aliphatic heterocycles. The number of carboxylic acids is 1. The van der Waals surface area contributed by atoms with Gasteiger partial charge < -0.3 is 5.11 Å². The Kier molecular flexibility index (Phi) is 6.42. The molecule has 0 bridgehead atoms. The maximum Gasteiger partial charge on any atom is 0.352 e. The topological polar surface area (TPSA) is 118 Å². The van der Waals surface area contributed by atoms with Gasteiger partial charge in [0.15, 0.2) is 0 Å². The Morgan fingerprint density at radius 2 is 2.03 bits per heavy atom. The minimum absolute atomic E-state index is 0.0883. The lowest BCUT2D eigenvalue weighted by atomic mass is 10.1. The molecule has 1 aromatic heterocycles. The fourth-order valence-corrected chi connectivity index (χ4v) is 3.32. The molecule has 3 rings (SSSR count).